The van der Waals surface area contributed by atoms with Crippen molar-refractivity contribution in [2.45, 2.75) is 52.5 Å². The summed E-state index contributed by atoms with van der Waals surface area (Å²) in [7, 11) is 0. The van der Waals surface area contributed by atoms with Gasteiger partial charge in [-0.05, 0) is 32.6 Å². The number of hydrogen-bond acceptors (Lipinski definition) is 2. The number of carbonyl (C=O) groups is 1. The van der Waals surface area contributed by atoms with E-state index < -0.39 is 5.54 Å². The lowest BCUT2D eigenvalue weighted by Gasteiger charge is -2.17. The minimum absolute atomic E-state index is 0.0567. The largest absolute Gasteiger partial charge is 0.356 e. The van der Waals surface area contributed by atoms with E-state index in [0.29, 0.717) is 12.3 Å². The Labute approximate surface area is 87.4 Å². The van der Waals surface area contributed by atoms with Crippen LogP contribution in [0.2, 0.25) is 0 Å². The topological polar surface area (TPSA) is 55.1 Å². The Bertz CT molecular complexity index is 171. The van der Waals surface area contributed by atoms with Gasteiger partial charge in [0, 0.05) is 18.5 Å². The molecule has 14 heavy (non-hydrogen) atoms. The van der Waals surface area contributed by atoms with Crippen molar-refractivity contribution in [3.05, 3.63) is 0 Å². The van der Waals surface area contributed by atoms with Gasteiger partial charge in [-0.1, -0.05) is 13.8 Å². The first-order valence-electron chi connectivity index (χ1n) is 5.37. The molecule has 0 aliphatic carbocycles. The van der Waals surface area contributed by atoms with Gasteiger partial charge in [0.25, 0.3) is 0 Å². The quantitative estimate of drug-likeness (QED) is 0.641. The molecule has 3 nitrogen and oxygen atoms in total. The van der Waals surface area contributed by atoms with Gasteiger partial charge in [0.1, 0.15) is 0 Å². The highest BCUT2D eigenvalue weighted by molar-refractivity contribution is 5.76. The molecular formula is C11H24N2O. The van der Waals surface area contributed by atoms with E-state index in [9.17, 15) is 4.79 Å². The van der Waals surface area contributed by atoms with Crippen molar-refractivity contribution in [2.75, 3.05) is 6.54 Å². The molecule has 0 aromatic carbocycles. The third-order valence-corrected chi connectivity index (χ3v) is 1.90. The minimum atomic E-state index is -0.401. The van der Waals surface area contributed by atoms with Crippen LogP contribution in [0.1, 0.15) is 47.0 Å². The molecule has 0 radical (unpaired) electrons. The number of amides is 1. The smallest absolute Gasteiger partial charge is 0.221 e. The van der Waals surface area contributed by atoms with E-state index in [1.165, 1.54) is 0 Å². The third-order valence-electron chi connectivity index (χ3n) is 1.90. The van der Waals surface area contributed by atoms with Gasteiger partial charge in [0.15, 0.2) is 0 Å². The maximum atomic E-state index is 11.3. The first-order chi connectivity index (χ1) is 6.31. The zero-order valence-corrected chi connectivity index (χ0v) is 9.89. The highest BCUT2D eigenvalue weighted by Gasteiger charge is 2.15. The number of rotatable bonds is 6. The van der Waals surface area contributed by atoms with Crippen LogP contribution in [0.3, 0.4) is 0 Å². The summed E-state index contributed by atoms with van der Waals surface area (Å²) in [5, 5.41) is 2.88. The molecule has 1 amide bonds. The average molecular weight is 200 g/mol. The molecule has 0 rings (SSSR count). The predicted molar refractivity (Wildman–Crippen MR) is 60.0 cm³/mol. The summed E-state index contributed by atoms with van der Waals surface area (Å²) in [5.74, 6) is 0.763. The first-order valence-corrected chi connectivity index (χ1v) is 5.37. The SMILES string of the molecule is CC(C)CCCNC(=O)CC(C)(C)N. The second-order valence-electron chi connectivity index (χ2n) is 5.05. The van der Waals surface area contributed by atoms with Crippen molar-refractivity contribution in [1.29, 1.82) is 0 Å². The van der Waals surface area contributed by atoms with Crippen LogP contribution in [0.15, 0.2) is 0 Å². The van der Waals surface area contributed by atoms with Crippen LogP contribution < -0.4 is 11.1 Å². The van der Waals surface area contributed by atoms with E-state index in [0.717, 1.165) is 19.4 Å². The molecule has 0 aliphatic heterocycles. The molecule has 3 N–H and O–H groups in total. The van der Waals surface area contributed by atoms with E-state index in [4.69, 9.17) is 5.73 Å². The van der Waals surface area contributed by atoms with Gasteiger partial charge in [-0.25, -0.2) is 0 Å². The second kappa shape index (κ2) is 6.02. The standard InChI is InChI=1S/C11H24N2O/c1-9(2)6-5-7-13-10(14)8-11(3,4)12/h9H,5-8,12H2,1-4H3,(H,13,14). The van der Waals surface area contributed by atoms with Crippen LogP contribution in [0.4, 0.5) is 0 Å². The maximum Gasteiger partial charge on any atom is 0.221 e. The zero-order valence-electron chi connectivity index (χ0n) is 9.89. The summed E-state index contributed by atoms with van der Waals surface area (Å²) >= 11 is 0. The van der Waals surface area contributed by atoms with Crippen LogP contribution in [-0.2, 0) is 4.79 Å². The molecule has 0 aliphatic rings. The second-order valence-corrected chi connectivity index (χ2v) is 5.05. The van der Waals surface area contributed by atoms with Gasteiger partial charge in [0.05, 0.1) is 0 Å². The van der Waals surface area contributed by atoms with E-state index in [1.54, 1.807) is 0 Å². The predicted octanol–water partition coefficient (Wildman–Crippen LogP) is 1.67. The van der Waals surface area contributed by atoms with Crippen LogP contribution in [0, 0.1) is 5.92 Å². The number of hydrogen-bond donors (Lipinski definition) is 2. The Kier molecular flexibility index (Phi) is 5.77. The number of carbonyl (C=O) groups excluding carboxylic acids is 1. The average Bonchev–Trinajstić information content (AvgIpc) is 1.94. The van der Waals surface area contributed by atoms with E-state index in [1.807, 2.05) is 13.8 Å². The summed E-state index contributed by atoms with van der Waals surface area (Å²) in [5.41, 5.74) is 5.33. The van der Waals surface area contributed by atoms with E-state index in [-0.39, 0.29) is 5.91 Å². The van der Waals surface area contributed by atoms with Gasteiger partial charge in [-0.15, -0.1) is 0 Å². The van der Waals surface area contributed by atoms with Crippen LogP contribution in [0.5, 0.6) is 0 Å². The Morgan fingerprint density at radius 2 is 2.00 bits per heavy atom. The van der Waals surface area contributed by atoms with Crippen molar-refractivity contribution >= 4 is 5.91 Å². The van der Waals surface area contributed by atoms with Gasteiger partial charge >= 0.3 is 0 Å². The molecule has 0 bridgehead atoms. The zero-order chi connectivity index (χ0) is 11.2. The summed E-state index contributed by atoms with van der Waals surface area (Å²) in [6.45, 7) is 8.87. The molecule has 84 valence electrons. The van der Waals surface area contributed by atoms with Crippen LogP contribution in [-0.4, -0.2) is 18.0 Å². The monoisotopic (exact) mass is 200 g/mol. The van der Waals surface area contributed by atoms with Crippen molar-refractivity contribution in [1.82, 2.24) is 5.32 Å². The Morgan fingerprint density at radius 3 is 2.43 bits per heavy atom. The molecule has 3 heteroatoms. The lowest BCUT2D eigenvalue weighted by Crippen LogP contribution is -2.39. The molecule has 0 fully saturated rings. The third kappa shape index (κ3) is 9.52. The van der Waals surface area contributed by atoms with Gasteiger partial charge in [0.2, 0.25) is 5.91 Å². The minimum Gasteiger partial charge on any atom is -0.356 e. The Balaban J connectivity index is 3.46. The molecular weight excluding hydrogens is 176 g/mol. The van der Waals surface area contributed by atoms with Gasteiger partial charge < -0.3 is 11.1 Å². The number of nitrogens with two attached hydrogens (primary N) is 1. The highest BCUT2D eigenvalue weighted by atomic mass is 16.1. The van der Waals surface area contributed by atoms with Crippen molar-refractivity contribution in [3.8, 4) is 0 Å². The molecule has 0 atom stereocenters. The molecule has 0 heterocycles. The summed E-state index contributed by atoms with van der Waals surface area (Å²) in [4.78, 5) is 11.3. The normalized spacial score (nSPS) is 11.9. The van der Waals surface area contributed by atoms with Crippen molar-refractivity contribution in [3.63, 3.8) is 0 Å². The van der Waals surface area contributed by atoms with E-state index >= 15 is 0 Å². The Hall–Kier alpha value is -0.570. The van der Waals surface area contributed by atoms with E-state index in [2.05, 4.69) is 19.2 Å². The summed E-state index contributed by atoms with van der Waals surface area (Å²) in [6, 6.07) is 0. The fraction of sp³-hybridized carbons (Fsp3) is 0.909. The molecule has 0 aromatic heterocycles. The Morgan fingerprint density at radius 1 is 1.43 bits per heavy atom. The lowest BCUT2D eigenvalue weighted by molar-refractivity contribution is -0.122. The fourth-order valence-corrected chi connectivity index (χ4v) is 1.21. The fourth-order valence-electron chi connectivity index (χ4n) is 1.21. The lowest BCUT2D eigenvalue weighted by atomic mass is 10.0. The van der Waals surface area contributed by atoms with Gasteiger partial charge in [-0.3, -0.25) is 4.79 Å². The van der Waals surface area contributed by atoms with Crippen molar-refractivity contribution in [2.24, 2.45) is 11.7 Å². The van der Waals surface area contributed by atoms with Crippen LogP contribution in [0.25, 0.3) is 0 Å². The molecule has 0 saturated heterocycles. The number of nitrogens with one attached hydrogen (secondary N) is 1. The molecule has 0 aromatic rings. The summed E-state index contributed by atoms with van der Waals surface area (Å²) in [6.07, 6.45) is 2.61. The van der Waals surface area contributed by atoms with Crippen LogP contribution >= 0.6 is 0 Å². The molecule has 0 saturated carbocycles. The molecule has 0 spiro atoms. The maximum absolute atomic E-state index is 11.3. The molecule has 0 unspecified atom stereocenters. The van der Waals surface area contributed by atoms with Crippen molar-refractivity contribution < 1.29 is 4.79 Å². The first kappa shape index (κ1) is 13.4. The summed E-state index contributed by atoms with van der Waals surface area (Å²) < 4.78 is 0. The highest BCUT2D eigenvalue weighted by Crippen LogP contribution is 2.04. The van der Waals surface area contributed by atoms with Gasteiger partial charge in [-0.2, -0.15) is 0 Å².